The molecule has 0 aromatic heterocycles. The van der Waals surface area contributed by atoms with Crippen LogP contribution in [0.1, 0.15) is 39.5 Å². The van der Waals surface area contributed by atoms with E-state index in [4.69, 9.17) is 5.73 Å². The second kappa shape index (κ2) is 5.59. The van der Waals surface area contributed by atoms with Crippen LogP contribution in [-0.2, 0) is 10.0 Å². The number of hydrogen-bond acceptors (Lipinski definition) is 4. The van der Waals surface area contributed by atoms with Crippen LogP contribution in [0.3, 0.4) is 0 Å². The highest BCUT2D eigenvalue weighted by atomic mass is 32.2. The number of benzene rings is 1. The molecule has 0 aliphatic heterocycles. The summed E-state index contributed by atoms with van der Waals surface area (Å²) in [6.45, 7) is 4.36. The molecular formula is C15H24N2O3S. The number of hydrogen-bond donors (Lipinski definition) is 3. The summed E-state index contributed by atoms with van der Waals surface area (Å²) < 4.78 is 27.0. The Kier molecular flexibility index (Phi) is 4.33. The second-order valence-corrected chi connectivity index (χ2v) is 8.49. The molecule has 0 amide bonds. The molecule has 2 rings (SSSR count). The molecule has 21 heavy (non-hydrogen) atoms. The van der Waals surface area contributed by atoms with E-state index >= 15 is 0 Å². The summed E-state index contributed by atoms with van der Waals surface area (Å²) in [5, 5.41) is 10.5. The largest absolute Gasteiger partial charge is 0.398 e. The van der Waals surface area contributed by atoms with E-state index in [0.29, 0.717) is 12.8 Å². The topological polar surface area (TPSA) is 92.4 Å². The molecule has 1 saturated carbocycles. The Labute approximate surface area is 126 Å². The van der Waals surface area contributed by atoms with Gasteiger partial charge in [-0.2, -0.15) is 0 Å². The van der Waals surface area contributed by atoms with E-state index in [1.165, 1.54) is 6.07 Å². The van der Waals surface area contributed by atoms with Crippen molar-refractivity contribution in [2.24, 2.45) is 5.41 Å². The maximum atomic E-state index is 12.3. The smallest absolute Gasteiger partial charge is 0.242 e. The van der Waals surface area contributed by atoms with Gasteiger partial charge in [0.25, 0.3) is 0 Å². The minimum atomic E-state index is -3.69. The van der Waals surface area contributed by atoms with Gasteiger partial charge in [0.15, 0.2) is 0 Å². The van der Waals surface area contributed by atoms with Crippen molar-refractivity contribution in [1.82, 2.24) is 4.72 Å². The zero-order valence-electron chi connectivity index (χ0n) is 12.6. The molecule has 0 atom stereocenters. The summed E-state index contributed by atoms with van der Waals surface area (Å²) in [6.07, 6.45) is 2.98. The van der Waals surface area contributed by atoms with Gasteiger partial charge in [0.1, 0.15) is 4.90 Å². The lowest BCUT2D eigenvalue weighted by Gasteiger charge is -2.40. The number of sulfonamides is 1. The van der Waals surface area contributed by atoms with Gasteiger partial charge in [-0.05, 0) is 43.2 Å². The lowest BCUT2D eigenvalue weighted by atomic mass is 9.71. The molecule has 1 aliphatic rings. The molecule has 0 bridgehead atoms. The summed E-state index contributed by atoms with van der Waals surface area (Å²) in [4.78, 5) is 0.0599. The summed E-state index contributed by atoms with van der Waals surface area (Å²) >= 11 is 0. The third-order valence-corrected chi connectivity index (χ3v) is 5.81. The fourth-order valence-electron chi connectivity index (χ4n) is 2.60. The van der Waals surface area contributed by atoms with Crippen LogP contribution in [0.25, 0.3) is 0 Å². The van der Waals surface area contributed by atoms with Crippen molar-refractivity contribution in [3.63, 3.8) is 0 Å². The molecule has 4 N–H and O–H groups in total. The zero-order chi connectivity index (χ0) is 15.7. The standard InChI is InChI=1S/C15H24N2O3S/c1-14(2)7-9-15(18,10-8-14)11-17-21(19,20)13-6-4-3-5-12(13)16/h3-6,17-18H,7-11,16H2,1-2H3. The van der Waals surface area contributed by atoms with Crippen molar-refractivity contribution in [1.29, 1.82) is 0 Å². The Hall–Kier alpha value is -1.11. The first-order chi connectivity index (χ1) is 9.64. The number of rotatable bonds is 4. The maximum Gasteiger partial charge on any atom is 0.242 e. The molecule has 0 saturated heterocycles. The van der Waals surface area contributed by atoms with E-state index in [9.17, 15) is 13.5 Å². The van der Waals surface area contributed by atoms with Gasteiger partial charge in [-0.1, -0.05) is 26.0 Å². The summed E-state index contributed by atoms with van der Waals surface area (Å²) in [6, 6.07) is 6.33. The molecule has 1 aliphatic carbocycles. The van der Waals surface area contributed by atoms with Gasteiger partial charge < -0.3 is 10.8 Å². The van der Waals surface area contributed by atoms with E-state index in [1.54, 1.807) is 18.2 Å². The molecule has 6 heteroatoms. The Balaban J connectivity index is 2.04. The normalized spacial score (nSPS) is 21.1. The monoisotopic (exact) mass is 312 g/mol. The average molecular weight is 312 g/mol. The van der Waals surface area contributed by atoms with Crippen LogP contribution in [0, 0.1) is 5.41 Å². The molecule has 0 heterocycles. The van der Waals surface area contributed by atoms with Crippen LogP contribution in [0.15, 0.2) is 29.2 Å². The number of nitrogen functional groups attached to an aromatic ring is 1. The molecular weight excluding hydrogens is 288 g/mol. The van der Waals surface area contributed by atoms with E-state index in [-0.39, 0.29) is 22.5 Å². The fourth-order valence-corrected chi connectivity index (χ4v) is 3.85. The van der Waals surface area contributed by atoms with Crippen molar-refractivity contribution in [3.8, 4) is 0 Å². The van der Waals surface area contributed by atoms with E-state index in [1.807, 2.05) is 0 Å². The quantitative estimate of drug-likeness (QED) is 0.740. The van der Waals surface area contributed by atoms with Gasteiger partial charge in [0.05, 0.1) is 11.3 Å². The lowest BCUT2D eigenvalue weighted by molar-refractivity contribution is -0.0205. The van der Waals surface area contributed by atoms with Crippen LogP contribution in [-0.4, -0.2) is 25.7 Å². The summed E-state index contributed by atoms with van der Waals surface area (Å²) in [5.41, 5.74) is 5.16. The molecule has 1 fully saturated rings. The highest BCUT2D eigenvalue weighted by molar-refractivity contribution is 7.89. The van der Waals surface area contributed by atoms with Gasteiger partial charge >= 0.3 is 0 Å². The Morgan fingerprint density at radius 1 is 1.19 bits per heavy atom. The predicted molar refractivity (Wildman–Crippen MR) is 83.2 cm³/mol. The summed E-state index contributed by atoms with van der Waals surface area (Å²) in [7, 11) is -3.69. The Morgan fingerprint density at radius 3 is 2.33 bits per heavy atom. The highest BCUT2D eigenvalue weighted by Crippen LogP contribution is 2.40. The van der Waals surface area contributed by atoms with Crippen molar-refractivity contribution >= 4 is 15.7 Å². The van der Waals surface area contributed by atoms with E-state index in [2.05, 4.69) is 18.6 Å². The number of aliphatic hydroxyl groups is 1. The Morgan fingerprint density at radius 2 is 1.76 bits per heavy atom. The van der Waals surface area contributed by atoms with E-state index < -0.39 is 15.6 Å². The number of nitrogens with two attached hydrogens (primary N) is 1. The molecule has 1 aromatic carbocycles. The minimum Gasteiger partial charge on any atom is -0.398 e. The third-order valence-electron chi connectivity index (χ3n) is 4.33. The second-order valence-electron chi connectivity index (χ2n) is 6.75. The lowest BCUT2D eigenvalue weighted by Crippen LogP contribution is -2.46. The molecule has 118 valence electrons. The molecule has 0 radical (unpaired) electrons. The summed E-state index contributed by atoms with van der Waals surface area (Å²) in [5.74, 6) is 0. The average Bonchev–Trinajstić information content (AvgIpc) is 2.41. The van der Waals surface area contributed by atoms with Crippen LogP contribution >= 0.6 is 0 Å². The van der Waals surface area contributed by atoms with Crippen LogP contribution < -0.4 is 10.5 Å². The maximum absolute atomic E-state index is 12.3. The van der Waals surface area contributed by atoms with Crippen molar-refractivity contribution in [2.45, 2.75) is 50.0 Å². The SMILES string of the molecule is CC1(C)CCC(O)(CNS(=O)(=O)c2ccccc2N)CC1. The van der Waals surface area contributed by atoms with Gasteiger partial charge in [-0.25, -0.2) is 13.1 Å². The molecule has 1 aromatic rings. The van der Waals surface area contributed by atoms with Gasteiger partial charge in [0.2, 0.25) is 10.0 Å². The number of anilines is 1. The third kappa shape index (κ3) is 3.96. The highest BCUT2D eigenvalue weighted by Gasteiger charge is 2.37. The van der Waals surface area contributed by atoms with E-state index in [0.717, 1.165) is 12.8 Å². The van der Waals surface area contributed by atoms with Crippen molar-refractivity contribution < 1.29 is 13.5 Å². The van der Waals surface area contributed by atoms with Gasteiger partial charge in [-0.3, -0.25) is 0 Å². The fraction of sp³-hybridized carbons (Fsp3) is 0.600. The minimum absolute atomic E-state index is 0.0275. The predicted octanol–water partition coefficient (Wildman–Crippen LogP) is 1.88. The van der Waals surface area contributed by atoms with Crippen molar-refractivity contribution in [2.75, 3.05) is 12.3 Å². The number of para-hydroxylation sites is 1. The number of nitrogens with one attached hydrogen (secondary N) is 1. The molecule has 5 nitrogen and oxygen atoms in total. The first kappa shape index (κ1) is 16.3. The first-order valence-corrected chi connectivity index (χ1v) is 8.69. The molecule has 0 spiro atoms. The van der Waals surface area contributed by atoms with Gasteiger partial charge in [0, 0.05) is 6.54 Å². The van der Waals surface area contributed by atoms with Crippen LogP contribution in [0.5, 0.6) is 0 Å². The van der Waals surface area contributed by atoms with Crippen molar-refractivity contribution in [3.05, 3.63) is 24.3 Å². The molecule has 0 unspecified atom stereocenters. The van der Waals surface area contributed by atoms with Gasteiger partial charge in [-0.15, -0.1) is 0 Å². The Bertz CT molecular complexity index is 601. The van der Waals surface area contributed by atoms with Crippen LogP contribution in [0.4, 0.5) is 5.69 Å². The van der Waals surface area contributed by atoms with Crippen LogP contribution in [0.2, 0.25) is 0 Å². The zero-order valence-corrected chi connectivity index (χ0v) is 13.4. The first-order valence-electron chi connectivity index (χ1n) is 7.20.